The summed E-state index contributed by atoms with van der Waals surface area (Å²) in [6.07, 6.45) is 8.00. The summed E-state index contributed by atoms with van der Waals surface area (Å²) >= 11 is 0. The fourth-order valence-corrected chi connectivity index (χ4v) is 5.94. The average molecular weight is 526 g/mol. The van der Waals surface area contributed by atoms with E-state index in [1.54, 1.807) is 6.92 Å². The van der Waals surface area contributed by atoms with Gasteiger partial charge in [-0.15, -0.1) is 0 Å². The molecule has 0 atom stereocenters. The average Bonchev–Trinajstić information content (AvgIpc) is 3.30. The van der Waals surface area contributed by atoms with Gasteiger partial charge in [0.1, 0.15) is 29.3 Å². The van der Waals surface area contributed by atoms with E-state index in [2.05, 4.69) is 20.0 Å². The maximum atomic E-state index is 10.7. The van der Waals surface area contributed by atoms with Crippen LogP contribution in [0.15, 0.2) is 60.9 Å². The van der Waals surface area contributed by atoms with Gasteiger partial charge >= 0.3 is 0 Å². The second-order valence-electron chi connectivity index (χ2n) is 10.9. The first-order valence-electron chi connectivity index (χ1n) is 13.8. The molecule has 9 nitrogen and oxygen atoms in total. The van der Waals surface area contributed by atoms with Gasteiger partial charge in [0.05, 0.1) is 11.4 Å². The second-order valence-corrected chi connectivity index (χ2v) is 10.9. The Morgan fingerprint density at radius 1 is 1.00 bits per heavy atom. The molecular formula is C30H35N7O2. The third-order valence-electron chi connectivity index (χ3n) is 8.28. The quantitative estimate of drug-likeness (QED) is 0.393. The highest BCUT2D eigenvalue weighted by Gasteiger charge is 2.49. The predicted molar refractivity (Wildman–Crippen MR) is 151 cm³/mol. The van der Waals surface area contributed by atoms with Crippen LogP contribution in [0.3, 0.4) is 0 Å². The van der Waals surface area contributed by atoms with Crippen molar-refractivity contribution in [1.29, 1.82) is 0 Å². The molecule has 0 radical (unpaired) electrons. The highest BCUT2D eigenvalue weighted by molar-refractivity contribution is 5.98. The largest absolute Gasteiger partial charge is 0.457 e. The van der Waals surface area contributed by atoms with Crippen LogP contribution in [-0.4, -0.2) is 56.7 Å². The molecule has 2 aromatic heterocycles. The molecule has 7 rings (SSSR count). The molecule has 3 N–H and O–H groups in total. The molecule has 202 valence electrons. The van der Waals surface area contributed by atoms with Crippen LogP contribution < -0.4 is 15.8 Å². The summed E-state index contributed by atoms with van der Waals surface area (Å²) < 4.78 is 8.00. The van der Waals surface area contributed by atoms with Crippen LogP contribution in [0.2, 0.25) is 0 Å². The Morgan fingerprint density at radius 3 is 2.31 bits per heavy atom. The Balaban J connectivity index is 0.000000263. The van der Waals surface area contributed by atoms with Crippen molar-refractivity contribution < 1.29 is 9.53 Å². The molecule has 3 aliphatic rings. The molecular weight excluding hydrogens is 490 g/mol. The van der Waals surface area contributed by atoms with Gasteiger partial charge in [-0.2, -0.15) is 5.10 Å². The minimum atomic E-state index is 0.191. The number of para-hydroxylation sites is 1. The number of aromatic nitrogens is 4. The van der Waals surface area contributed by atoms with E-state index in [9.17, 15) is 4.79 Å². The van der Waals surface area contributed by atoms with Crippen molar-refractivity contribution in [3.63, 3.8) is 0 Å². The predicted octanol–water partition coefficient (Wildman–Crippen LogP) is 4.81. The minimum Gasteiger partial charge on any atom is -0.457 e. The molecule has 3 fully saturated rings. The van der Waals surface area contributed by atoms with E-state index >= 15 is 0 Å². The van der Waals surface area contributed by atoms with E-state index in [4.69, 9.17) is 15.6 Å². The van der Waals surface area contributed by atoms with Gasteiger partial charge in [-0.05, 0) is 67.5 Å². The van der Waals surface area contributed by atoms with E-state index < -0.39 is 0 Å². The molecule has 2 saturated carbocycles. The zero-order valence-electron chi connectivity index (χ0n) is 22.3. The lowest BCUT2D eigenvalue weighted by molar-refractivity contribution is -0.129. The third kappa shape index (κ3) is 5.18. The number of carbonyl (C=O) groups is 1. The fourth-order valence-electron chi connectivity index (χ4n) is 5.94. The van der Waals surface area contributed by atoms with Crippen molar-refractivity contribution in [1.82, 2.24) is 30.0 Å². The van der Waals surface area contributed by atoms with Gasteiger partial charge in [-0.3, -0.25) is 4.79 Å². The van der Waals surface area contributed by atoms with Crippen LogP contribution in [0.25, 0.3) is 22.3 Å². The van der Waals surface area contributed by atoms with Crippen molar-refractivity contribution in [3.05, 3.63) is 60.9 Å². The summed E-state index contributed by atoms with van der Waals surface area (Å²) in [5.41, 5.74) is 9.48. The summed E-state index contributed by atoms with van der Waals surface area (Å²) in [6.45, 7) is 5.25. The number of hydrogen-bond donors (Lipinski definition) is 2. The van der Waals surface area contributed by atoms with Crippen molar-refractivity contribution >= 4 is 22.8 Å². The molecule has 0 unspecified atom stereocenters. The topological polar surface area (TPSA) is 111 Å². The summed E-state index contributed by atoms with van der Waals surface area (Å²) in [7, 11) is 0. The van der Waals surface area contributed by atoms with E-state index in [-0.39, 0.29) is 5.91 Å². The van der Waals surface area contributed by atoms with Gasteiger partial charge in [0.2, 0.25) is 5.91 Å². The number of nitrogens with one attached hydrogen (secondary N) is 1. The molecule has 4 aromatic rings. The molecule has 2 aromatic carbocycles. The van der Waals surface area contributed by atoms with Crippen LogP contribution in [0, 0.1) is 5.41 Å². The SMILES string of the molecule is CC(=O)N1CCNCC1.Nc1ncnc2c1c(-c1ccc(Oc3ccccc3)cc1)nn2C1CC2(CCC2)C1. The maximum Gasteiger partial charge on any atom is 0.219 e. The number of piperazine rings is 1. The minimum absolute atomic E-state index is 0.191. The zero-order valence-corrected chi connectivity index (χ0v) is 22.3. The molecule has 1 spiro atoms. The Morgan fingerprint density at radius 2 is 1.69 bits per heavy atom. The van der Waals surface area contributed by atoms with Gasteiger partial charge in [-0.1, -0.05) is 24.6 Å². The molecule has 0 bridgehead atoms. The second kappa shape index (κ2) is 10.6. The Labute approximate surface area is 228 Å². The molecule has 39 heavy (non-hydrogen) atoms. The number of rotatable bonds is 4. The molecule has 1 amide bonds. The highest BCUT2D eigenvalue weighted by Crippen LogP contribution is 2.60. The summed E-state index contributed by atoms with van der Waals surface area (Å²) in [5.74, 6) is 2.26. The van der Waals surface area contributed by atoms with Gasteiger partial charge in [0, 0.05) is 38.7 Å². The van der Waals surface area contributed by atoms with Crippen LogP contribution in [0.1, 0.15) is 45.1 Å². The van der Waals surface area contributed by atoms with E-state index in [0.717, 1.165) is 60.0 Å². The molecule has 9 heteroatoms. The van der Waals surface area contributed by atoms with Crippen LogP contribution in [-0.2, 0) is 4.79 Å². The van der Waals surface area contributed by atoms with E-state index in [1.807, 2.05) is 59.5 Å². The number of benzene rings is 2. The maximum absolute atomic E-state index is 10.7. The summed E-state index contributed by atoms with van der Waals surface area (Å²) in [5, 5.41) is 8.99. The first kappa shape index (κ1) is 25.3. The highest BCUT2D eigenvalue weighted by atomic mass is 16.5. The number of hydrogen-bond acceptors (Lipinski definition) is 7. The smallest absolute Gasteiger partial charge is 0.219 e. The number of nitrogens with two attached hydrogens (primary N) is 1. The van der Waals surface area contributed by atoms with Crippen LogP contribution in [0.4, 0.5) is 5.82 Å². The molecule has 1 aliphatic heterocycles. The van der Waals surface area contributed by atoms with Gasteiger partial charge in [0.15, 0.2) is 5.65 Å². The standard InChI is InChI=1S/C24H23N5O.C6H12N2O/c25-22-20-21(16-7-9-19(10-8-16)30-18-5-2-1-3-6-18)28-29(23(20)27-15-26-22)17-13-24(14-17)11-4-12-24;1-6(9)8-4-2-7-3-5-8/h1-3,5-10,15,17H,4,11-14H2,(H2,25,26,27);7H,2-5H2,1H3. The van der Waals surface area contributed by atoms with Gasteiger partial charge in [-0.25, -0.2) is 14.6 Å². The van der Waals surface area contributed by atoms with Crippen LogP contribution >= 0.6 is 0 Å². The molecule has 1 saturated heterocycles. The first-order chi connectivity index (χ1) is 19.0. The van der Waals surface area contributed by atoms with Crippen LogP contribution in [0.5, 0.6) is 11.5 Å². The normalized spacial score (nSPS) is 18.1. The fraction of sp³-hybridized carbons (Fsp3) is 0.400. The molecule has 2 aliphatic carbocycles. The number of ether oxygens (including phenoxy) is 1. The number of nitrogens with zero attached hydrogens (tertiary/aromatic N) is 5. The Bertz CT molecular complexity index is 1430. The first-order valence-corrected chi connectivity index (χ1v) is 13.8. The van der Waals surface area contributed by atoms with Crippen molar-refractivity contribution in [2.24, 2.45) is 5.41 Å². The number of fused-ring (bicyclic) bond motifs is 1. The van der Waals surface area contributed by atoms with Crippen molar-refractivity contribution in [2.45, 2.75) is 45.1 Å². The zero-order chi connectivity index (χ0) is 26.8. The monoisotopic (exact) mass is 525 g/mol. The third-order valence-corrected chi connectivity index (χ3v) is 8.28. The lowest BCUT2D eigenvalue weighted by Gasteiger charge is -2.54. The van der Waals surface area contributed by atoms with E-state index in [0.29, 0.717) is 17.3 Å². The Hall–Kier alpha value is -3.98. The molecule has 3 heterocycles. The number of carbonyl (C=O) groups excluding carboxylic acids is 1. The Kier molecular flexibility index (Phi) is 6.91. The number of anilines is 1. The van der Waals surface area contributed by atoms with Gasteiger partial charge in [0.25, 0.3) is 0 Å². The summed E-state index contributed by atoms with van der Waals surface area (Å²) in [4.78, 5) is 21.3. The number of nitrogen functional groups attached to an aromatic ring is 1. The summed E-state index contributed by atoms with van der Waals surface area (Å²) in [6, 6.07) is 18.1. The van der Waals surface area contributed by atoms with Gasteiger partial charge < -0.3 is 20.7 Å². The van der Waals surface area contributed by atoms with Crippen molar-refractivity contribution in [2.75, 3.05) is 31.9 Å². The number of amides is 1. The lowest BCUT2D eigenvalue weighted by Crippen LogP contribution is -2.45. The van der Waals surface area contributed by atoms with E-state index in [1.165, 1.54) is 38.4 Å². The van der Waals surface area contributed by atoms with Crippen molar-refractivity contribution in [3.8, 4) is 22.8 Å². The lowest BCUT2D eigenvalue weighted by atomic mass is 9.54.